The fraction of sp³-hybridized carbons (Fsp3) is 0.385. The number of carbonyl (C=O) groups excluding carboxylic acids is 2. The maximum Gasteiger partial charge on any atom is 0.246 e. The lowest BCUT2D eigenvalue weighted by Crippen LogP contribution is -2.41. The molecule has 1 aliphatic rings. The van der Waals surface area contributed by atoms with Gasteiger partial charge < -0.3 is 9.80 Å². The van der Waals surface area contributed by atoms with Gasteiger partial charge in [-0.3, -0.25) is 9.59 Å². The number of para-hydroxylation sites is 1. The van der Waals surface area contributed by atoms with Crippen LogP contribution in [0.4, 0.5) is 5.69 Å². The first-order chi connectivity index (χ1) is 8.72. The van der Waals surface area contributed by atoms with Crippen LogP contribution in [0.15, 0.2) is 30.3 Å². The van der Waals surface area contributed by atoms with Gasteiger partial charge in [-0.1, -0.05) is 18.2 Å². The number of amides is 2. The molecule has 0 atom stereocenters. The van der Waals surface area contributed by atoms with E-state index in [2.05, 4.69) is 0 Å². The lowest BCUT2D eigenvalue weighted by molar-refractivity contribution is -0.131. The summed E-state index contributed by atoms with van der Waals surface area (Å²) in [6.45, 7) is 2.72. The van der Waals surface area contributed by atoms with Crippen molar-refractivity contribution in [1.82, 2.24) is 4.90 Å². The van der Waals surface area contributed by atoms with Crippen LogP contribution in [0.3, 0.4) is 0 Å². The third-order valence-corrected chi connectivity index (χ3v) is 3.78. The Morgan fingerprint density at radius 1 is 1.39 bits per heavy atom. The van der Waals surface area contributed by atoms with Crippen molar-refractivity contribution in [2.45, 2.75) is 6.92 Å². The number of rotatable bonds is 4. The summed E-state index contributed by atoms with van der Waals surface area (Å²) >= 11 is 1.55. The van der Waals surface area contributed by atoms with Crippen LogP contribution < -0.4 is 4.90 Å². The molecule has 1 aromatic carbocycles. The summed E-state index contributed by atoms with van der Waals surface area (Å²) in [4.78, 5) is 27.0. The Hall–Kier alpha value is -1.49. The standard InChI is InChI=1S/C13H16N2O2S/c1-2-15(11-6-4-3-5-7-11)12(16)8-14-10-18-9-13(14)17/h3-7H,2,8-10H2,1H3. The van der Waals surface area contributed by atoms with Crippen molar-refractivity contribution in [3.8, 4) is 0 Å². The van der Waals surface area contributed by atoms with E-state index >= 15 is 0 Å². The molecular weight excluding hydrogens is 248 g/mol. The highest BCUT2D eigenvalue weighted by Gasteiger charge is 2.25. The lowest BCUT2D eigenvalue weighted by atomic mass is 10.3. The Morgan fingerprint density at radius 3 is 2.67 bits per heavy atom. The van der Waals surface area contributed by atoms with Crippen LogP contribution in [0, 0.1) is 0 Å². The summed E-state index contributed by atoms with van der Waals surface area (Å²) in [5, 5.41) is 0. The maximum absolute atomic E-state index is 12.2. The Balaban J connectivity index is 2.04. The molecule has 2 amide bonds. The third-order valence-electron chi connectivity index (χ3n) is 2.84. The first-order valence-electron chi connectivity index (χ1n) is 5.93. The zero-order valence-electron chi connectivity index (χ0n) is 10.3. The van der Waals surface area contributed by atoms with Crippen molar-refractivity contribution < 1.29 is 9.59 Å². The van der Waals surface area contributed by atoms with Gasteiger partial charge >= 0.3 is 0 Å². The van der Waals surface area contributed by atoms with E-state index in [4.69, 9.17) is 0 Å². The van der Waals surface area contributed by atoms with E-state index in [0.29, 0.717) is 18.2 Å². The average molecular weight is 264 g/mol. The van der Waals surface area contributed by atoms with Gasteiger partial charge in [-0.2, -0.15) is 0 Å². The zero-order valence-corrected chi connectivity index (χ0v) is 11.2. The summed E-state index contributed by atoms with van der Waals surface area (Å²) in [6.07, 6.45) is 0. The predicted octanol–water partition coefficient (Wildman–Crippen LogP) is 1.57. The quantitative estimate of drug-likeness (QED) is 0.829. The fourth-order valence-electron chi connectivity index (χ4n) is 1.90. The van der Waals surface area contributed by atoms with Gasteiger partial charge in [0, 0.05) is 12.2 Å². The number of hydrogen-bond acceptors (Lipinski definition) is 3. The van der Waals surface area contributed by atoms with Gasteiger partial charge in [0.25, 0.3) is 0 Å². The molecule has 0 unspecified atom stereocenters. The van der Waals surface area contributed by atoms with E-state index in [-0.39, 0.29) is 18.4 Å². The van der Waals surface area contributed by atoms with Crippen molar-refractivity contribution in [3.63, 3.8) is 0 Å². The first kappa shape index (κ1) is 13.0. The number of anilines is 1. The molecule has 18 heavy (non-hydrogen) atoms. The summed E-state index contributed by atoms with van der Waals surface area (Å²) in [5.41, 5.74) is 0.879. The topological polar surface area (TPSA) is 40.6 Å². The molecule has 96 valence electrons. The van der Waals surface area contributed by atoms with Crippen LogP contribution in [0.25, 0.3) is 0 Å². The van der Waals surface area contributed by atoms with Crippen molar-refractivity contribution >= 4 is 29.3 Å². The predicted molar refractivity (Wildman–Crippen MR) is 73.5 cm³/mol. The second-order valence-corrected chi connectivity index (χ2v) is 5.00. The van der Waals surface area contributed by atoms with E-state index in [1.807, 2.05) is 37.3 Å². The van der Waals surface area contributed by atoms with Crippen LogP contribution in [-0.2, 0) is 9.59 Å². The number of thioether (sulfide) groups is 1. The summed E-state index contributed by atoms with van der Waals surface area (Å²) in [5.74, 6) is 1.14. The van der Waals surface area contributed by atoms with Crippen molar-refractivity contribution in [3.05, 3.63) is 30.3 Å². The number of nitrogens with zero attached hydrogens (tertiary/aromatic N) is 2. The van der Waals surface area contributed by atoms with Gasteiger partial charge in [0.05, 0.1) is 11.6 Å². The molecule has 0 bridgehead atoms. The Morgan fingerprint density at radius 2 is 2.11 bits per heavy atom. The van der Waals surface area contributed by atoms with Gasteiger partial charge in [0.15, 0.2) is 0 Å². The third kappa shape index (κ3) is 2.85. The second kappa shape index (κ2) is 5.91. The molecule has 1 fully saturated rings. The molecule has 1 aromatic rings. The zero-order chi connectivity index (χ0) is 13.0. The van der Waals surface area contributed by atoms with E-state index in [1.54, 1.807) is 21.6 Å². The number of likely N-dealkylation sites (N-methyl/N-ethyl adjacent to an activating group) is 1. The minimum atomic E-state index is -0.0282. The van der Waals surface area contributed by atoms with Crippen molar-refractivity contribution in [1.29, 1.82) is 0 Å². The molecule has 0 saturated carbocycles. The second-order valence-electron chi connectivity index (χ2n) is 4.04. The van der Waals surface area contributed by atoms with Gasteiger partial charge in [0.2, 0.25) is 11.8 Å². The fourth-order valence-corrected chi connectivity index (χ4v) is 2.80. The van der Waals surface area contributed by atoms with Gasteiger partial charge in [-0.15, -0.1) is 11.8 Å². The molecule has 0 spiro atoms. The lowest BCUT2D eigenvalue weighted by Gasteiger charge is -2.23. The Kier molecular flexibility index (Phi) is 4.25. The molecule has 1 saturated heterocycles. The molecule has 0 N–H and O–H groups in total. The van der Waals surface area contributed by atoms with E-state index in [1.165, 1.54) is 0 Å². The summed E-state index contributed by atoms with van der Waals surface area (Å²) in [6, 6.07) is 9.54. The Labute approximate surface area is 111 Å². The number of benzene rings is 1. The molecule has 0 aromatic heterocycles. The largest absolute Gasteiger partial charge is 0.323 e. The highest BCUT2D eigenvalue weighted by atomic mass is 32.2. The van der Waals surface area contributed by atoms with Crippen LogP contribution in [0.1, 0.15) is 6.92 Å². The highest BCUT2D eigenvalue weighted by Crippen LogP contribution is 2.17. The molecular formula is C13H16N2O2S. The van der Waals surface area contributed by atoms with E-state index < -0.39 is 0 Å². The molecule has 2 rings (SSSR count). The van der Waals surface area contributed by atoms with E-state index in [9.17, 15) is 9.59 Å². The van der Waals surface area contributed by atoms with Crippen LogP contribution in [0.5, 0.6) is 0 Å². The van der Waals surface area contributed by atoms with Gasteiger partial charge in [-0.25, -0.2) is 0 Å². The molecule has 0 radical (unpaired) electrons. The van der Waals surface area contributed by atoms with Gasteiger partial charge in [-0.05, 0) is 19.1 Å². The number of hydrogen-bond donors (Lipinski definition) is 0. The monoisotopic (exact) mass is 264 g/mol. The normalized spacial score (nSPS) is 14.9. The number of carbonyl (C=O) groups is 2. The van der Waals surface area contributed by atoms with E-state index in [0.717, 1.165) is 5.69 Å². The summed E-state index contributed by atoms with van der Waals surface area (Å²) < 4.78 is 0. The maximum atomic E-state index is 12.2. The van der Waals surface area contributed by atoms with Gasteiger partial charge in [0.1, 0.15) is 6.54 Å². The molecule has 4 nitrogen and oxygen atoms in total. The molecule has 0 aliphatic carbocycles. The summed E-state index contributed by atoms with van der Waals surface area (Å²) in [7, 11) is 0. The molecule has 1 aliphatic heterocycles. The highest BCUT2D eigenvalue weighted by molar-refractivity contribution is 8.00. The Bertz CT molecular complexity index is 436. The van der Waals surface area contributed by atoms with Crippen molar-refractivity contribution in [2.24, 2.45) is 0 Å². The van der Waals surface area contributed by atoms with Crippen LogP contribution in [-0.4, -0.2) is 41.4 Å². The molecule has 5 heteroatoms. The smallest absolute Gasteiger partial charge is 0.246 e. The SMILES string of the molecule is CCN(C(=O)CN1CSCC1=O)c1ccccc1. The minimum absolute atomic E-state index is 0.0282. The van der Waals surface area contributed by atoms with Crippen LogP contribution in [0.2, 0.25) is 0 Å². The van der Waals surface area contributed by atoms with Crippen molar-refractivity contribution in [2.75, 3.05) is 29.6 Å². The molecule has 1 heterocycles. The van der Waals surface area contributed by atoms with Crippen LogP contribution >= 0.6 is 11.8 Å². The average Bonchev–Trinajstić information content (AvgIpc) is 2.77. The first-order valence-corrected chi connectivity index (χ1v) is 7.08. The minimum Gasteiger partial charge on any atom is -0.323 e.